The van der Waals surface area contributed by atoms with Crippen LogP contribution in [-0.4, -0.2) is 17.8 Å². The number of hydrogen-bond acceptors (Lipinski definition) is 3. The number of para-hydroxylation sites is 1. The third kappa shape index (κ3) is 1.66. The topological polar surface area (TPSA) is 53.8 Å². The molecule has 20 heavy (non-hydrogen) atoms. The van der Waals surface area contributed by atoms with Gasteiger partial charge in [-0.15, -0.1) is 0 Å². The van der Waals surface area contributed by atoms with E-state index in [1.54, 1.807) is 0 Å². The van der Waals surface area contributed by atoms with Crippen LogP contribution in [0.3, 0.4) is 0 Å². The van der Waals surface area contributed by atoms with Crippen LogP contribution in [0.1, 0.15) is 16.7 Å². The highest BCUT2D eigenvalue weighted by Crippen LogP contribution is 2.27. The molecule has 2 aromatic rings. The Morgan fingerprint density at radius 3 is 3.00 bits per heavy atom. The molecule has 0 atom stereocenters. The van der Waals surface area contributed by atoms with E-state index < -0.39 is 0 Å². The van der Waals surface area contributed by atoms with E-state index in [9.17, 15) is 4.79 Å². The number of carbonyl (C=O) groups is 1. The molecule has 0 unspecified atom stereocenters. The van der Waals surface area contributed by atoms with Crippen LogP contribution in [0.4, 0.5) is 11.4 Å². The molecule has 2 aliphatic rings. The van der Waals surface area contributed by atoms with Gasteiger partial charge in [0.2, 0.25) is 0 Å². The molecule has 0 fully saturated rings. The fourth-order valence-corrected chi connectivity index (χ4v) is 2.50. The maximum atomic E-state index is 12.0. The molecule has 0 radical (unpaired) electrons. The van der Waals surface area contributed by atoms with Gasteiger partial charge in [-0.3, -0.25) is 9.79 Å². The molecule has 0 spiro atoms. The number of nitrogens with one attached hydrogen (secondary N) is 1. The number of hydrogen-bond donors (Lipinski definition) is 1. The Bertz CT molecular complexity index is 790. The monoisotopic (exact) mass is 261 g/mol. The highest BCUT2D eigenvalue weighted by Gasteiger charge is 2.25. The van der Waals surface area contributed by atoms with Crippen molar-refractivity contribution in [1.82, 2.24) is 0 Å². The summed E-state index contributed by atoms with van der Waals surface area (Å²) in [6.07, 6.45) is 1.85. The number of anilines is 1. The lowest BCUT2D eigenvalue weighted by atomic mass is 10.1. The second kappa shape index (κ2) is 4.13. The van der Waals surface area contributed by atoms with E-state index in [1.165, 1.54) is 5.56 Å². The van der Waals surface area contributed by atoms with E-state index in [2.05, 4.69) is 15.3 Å². The number of amides is 1. The van der Waals surface area contributed by atoms with Crippen molar-refractivity contribution in [3.8, 4) is 0 Å². The summed E-state index contributed by atoms with van der Waals surface area (Å²) in [5.41, 5.74) is 5.20. The maximum Gasteiger partial charge on any atom is 0.275 e. The van der Waals surface area contributed by atoms with Crippen molar-refractivity contribution in [2.24, 2.45) is 9.98 Å². The summed E-state index contributed by atoms with van der Waals surface area (Å²) < 4.78 is 0. The van der Waals surface area contributed by atoms with Crippen LogP contribution in [0.25, 0.3) is 0 Å². The van der Waals surface area contributed by atoms with Crippen LogP contribution >= 0.6 is 0 Å². The number of nitrogens with zero attached hydrogens (tertiary/aromatic N) is 2. The fraction of sp³-hybridized carbons (Fsp3) is 0.0625. The quantitative estimate of drug-likeness (QED) is 0.843. The summed E-state index contributed by atoms with van der Waals surface area (Å²) >= 11 is 0. The van der Waals surface area contributed by atoms with Crippen molar-refractivity contribution in [3.63, 3.8) is 0 Å². The van der Waals surface area contributed by atoms with Gasteiger partial charge in [-0.05, 0) is 29.3 Å². The number of carbonyl (C=O) groups excluding carboxylic acids is 1. The van der Waals surface area contributed by atoms with Gasteiger partial charge in [-0.2, -0.15) is 0 Å². The van der Waals surface area contributed by atoms with Crippen LogP contribution in [0.2, 0.25) is 0 Å². The average Bonchev–Trinajstić information content (AvgIpc) is 3.04. The molecule has 0 saturated carbocycles. The minimum Gasteiger partial charge on any atom is -0.320 e. The molecule has 4 rings (SSSR count). The zero-order chi connectivity index (χ0) is 13.5. The molecule has 0 aliphatic carbocycles. The number of fused-ring (bicyclic) bond motifs is 2. The van der Waals surface area contributed by atoms with E-state index in [-0.39, 0.29) is 5.91 Å². The largest absolute Gasteiger partial charge is 0.320 e. The van der Waals surface area contributed by atoms with Crippen molar-refractivity contribution >= 4 is 29.2 Å². The summed E-state index contributed by atoms with van der Waals surface area (Å²) in [6.45, 7) is 0.732. The summed E-state index contributed by atoms with van der Waals surface area (Å²) in [4.78, 5) is 20.7. The molecule has 2 heterocycles. The highest BCUT2D eigenvalue weighted by atomic mass is 16.2. The van der Waals surface area contributed by atoms with Gasteiger partial charge in [-0.1, -0.05) is 24.3 Å². The molecule has 0 aromatic heterocycles. The van der Waals surface area contributed by atoms with E-state index in [0.717, 1.165) is 29.0 Å². The Morgan fingerprint density at radius 2 is 2.05 bits per heavy atom. The van der Waals surface area contributed by atoms with E-state index >= 15 is 0 Å². The first-order chi connectivity index (χ1) is 9.81. The Morgan fingerprint density at radius 1 is 1.15 bits per heavy atom. The van der Waals surface area contributed by atoms with Crippen molar-refractivity contribution in [2.45, 2.75) is 6.54 Å². The van der Waals surface area contributed by atoms with Crippen molar-refractivity contribution in [1.29, 1.82) is 0 Å². The number of aliphatic imine (C=N–C) groups is 2. The van der Waals surface area contributed by atoms with Crippen LogP contribution in [-0.2, 0) is 11.3 Å². The van der Waals surface area contributed by atoms with E-state index in [1.807, 2.05) is 48.7 Å². The molecule has 4 nitrogen and oxygen atoms in total. The molecular formula is C16H11N3O. The lowest BCUT2D eigenvalue weighted by molar-refractivity contribution is -0.110. The second-order valence-electron chi connectivity index (χ2n) is 4.81. The van der Waals surface area contributed by atoms with Crippen LogP contribution in [0.15, 0.2) is 52.4 Å². The van der Waals surface area contributed by atoms with Crippen LogP contribution < -0.4 is 5.32 Å². The lowest BCUT2D eigenvalue weighted by Crippen LogP contribution is -2.13. The van der Waals surface area contributed by atoms with Gasteiger partial charge >= 0.3 is 0 Å². The predicted molar refractivity (Wildman–Crippen MR) is 79.0 cm³/mol. The lowest BCUT2D eigenvalue weighted by Gasteiger charge is -2.00. The van der Waals surface area contributed by atoms with Crippen molar-refractivity contribution in [2.75, 3.05) is 5.32 Å². The molecular weight excluding hydrogens is 250 g/mol. The third-order valence-electron chi connectivity index (χ3n) is 3.51. The van der Waals surface area contributed by atoms with Gasteiger partial charge in [0.05, 0.1) is 17.9 Å². The average molecular weight is 261 g/mol. The summed E-state index contributed by atoms with van der Waals surface area (Å²) in [5.74, 6) is -0.152. The molecule has 96 valence electrons. The number of benzene rings is 2. The summed E-state index contributed by atoms with van der Waals surface area (Å²) in [7, 11) is 0. The summed E-state index contributed by atoms with van der Waals surface area (Å²) in [5, 5.41) is 2.82. The van der Waals surface area contributed by atoms with Crippen LogP contribution in [0.5, 0.6) is 0 Å². The molecule has 0 saturated heterocycles. The van der Waals surface area contributed by atoms with Crippen LogP contribution in [0, 0.1) is 0 Å². The van der Waals surface area contributed by atoms with Gasteiger partial charge in [0, 0.05) is 11.8 Å². The minimum absolute atomic E-state index is 0.152. The predicted octanol–water partition coefficient (Wildman–Crippen LogP) is 2.69. The third-order valence-corrected chi connectivity index (χ3v) is 3.51. The van der Waals surface area contributed by atoms with E-state index in [4.69, 9.17) is 0 Å². The molecule has 2 aromatic carbocycles. The Balaban J connectivity index is 1.81. The van der Waals surface area contributed by atoms with Crippen molar-refractivity contribution < 1.29 is 4.79 Å². The highest BCUT2D eigenvalue weighted by molar-refractivity contribution is 6.54. The second-order valence-corrected chi connectivity index (χ2v) is 4.81. The molecule has 0 bridgehead atoms. The van der Waals surface area contributed by atoms with Gasteiger partial charge in [0.25, 0.3) is 5.91 Å². The zero-order valence-corrected chi connectivity index (χ0v) is 10.6. The first kappa shape index (κ1) is 11.1. The van der Waals surface area contributed by atoms with Gasteiger partial charge in [-0.25, -0.2) is 4.99 Å². The van der Waals surface area contributed by atoms with Crippen molar-refractivity contribution in [3.05, 3.63) is 59.2 Å². The zero-order valence-electron chi connectivity index (χ0n) is 10.6. The fourth-order valence-electron chi connectivity index (χ4n) is 2.50. The maximum absolute atomic E-state index is 12.0. The smallest absolute Gasteiger partial charge is 0.275 e. The molecule has 1 amide bonds. The van der Waals surface area contributed by atoms with Gasteiger partial charge in [0.15, 0.2) is 0 Å². The normalized spacial score (nSPS) is 17.2. The minimum atomic E-state index is -0.152. The Kier molecular flexibility index (Phi) is 2.29. The molecule has 4 heteroatoms. The van der Waals surface area contributed by atoms with Gasteiger partial charge < -0.3 is 5.32 Å². The molecule has 1 N–H and O–H groups in total. The standard InChI is InChI=1S/C16H11N3O/c20-16-15(13-3-1-2-4-14(13)19-16)18-12-6-5-10-8-17-9-11(10)7-12/h1-7,9H,8H2,(H,18,19,20). The SMILES string of the molecule is O=C1Nc2ccccc2C1=Nc1ccc2c(c1)C=NC2. The first-order valence-electron chi connectivity index (χ1n) is 6.43. The Labute approximate surface area is 115 Å². The number of rotatable bonds is 1. The van der Waals surface area contributed by atoms with Gasteiger partial charge in [0.1, 0.15) is 5.71 Å². The first-order valence-corrected chi connectivity index (χ1v) is 6.43. The Hall–Kier alpha value is -2.75. The summed E-state index contributed by atoms with van der Waals surface area (Å²) in [6, 6.07) is 13.5. The molecule has 2 aliphatic heterocycles. The van der Waals surface area contributed by atoms with E-state index in [0.29, 0.717) is 5.71 Å².